The maximum absolute atomic E-state index is 11.8. The number of rotatable bonds is 5. The molecule has 1 heterocycles. The second-order valence-corrected chi connectivity index (χ2v) is 4.24. The number of carbonyl (C=O) groups excluding carboxylic acids is 1. The first kappa shape index (κ1) is 13.2. The van der Waals surface area contributed by atoms with Gasteiger partial charge in [0, 0.05) is 13.1 Å². The van der Waals surface area contributed by atoms with Crippen LogP contribution in [0.4, 0.5) is 0 Å². The van der Waals surface area contributed by atoms with Crippen molar-refractivity contribution in [3.8, 4) is 5.69 Å². The zero-order valence-corrected chi connectivity index (χ0v) is 11.1. The van der Waals surface area contributed by atoms with Crippen LogP contribution in [0.2, 0.25) is 0 Å². The van der Waals surface area contributed by atoms with Crippen LogP contribution >= 0.6 is 0 Å². The number of amides is 1. The maximum Gasteiger partial charge on any atom is 0.273 e. The standard InChI is InChI=1S/C13H17N5O/c1-10-3-5-11(6-4-10)18-9-12(16-17-18)13(19)15-8-7-14-2/h3-6,9,14H,7-8H2,1-2H3,(H,15,19). The average molecular weight is 259 g/mol. The zero-order chi connectivity index (χ0) is 13.7. The number of aryl methyl sites for hydroxylation is 1. The predicted octanol–water partition coefficient (Wildman–Crippen LogP) is 0.525. The van der Waals surface area contributed by atoms with Crippen molar-refractivity contribution in [2.75, 3.05) is 20.1 Å². The summed E-state index contributed by atoms with van der Waals surface area (Å²) >= 11 is 0. The molecular weight excluding hydrogens is 242 g/mol. The fourth-order valence-electron chi connectivity index (χ4n) is 1.58. The zero-order valence-electron chi connectivity index (χ0n) is 11.1. The van der Waals surface area contributed by atoms with Crippen LogP contribution in [0.15, 0.2) is 30.5 Å². The normalized spacial score (nSPS) is 10.4. The Kier molecular flexibility index (Phi) is 4.25. The average Bonchev–Trinajstić information content (AvgIpc) is 2.89. The van der Waals surface area contributed by atoms with Gasteiger partial charge in [-0.15, -0.1) is 5.10 Å². The maximum atomic E-state index is 11.8. The fraction of sp³-hybridized carbons (Fsp3) is 0.308. The molecule has 1 amide bonds. The summed E-state index contributed by atoms with van der Waals surface area (Å²) in [6, 6.07) is 7.85. The molecule has 0 saturated heterocycles. The summed E-state index contributed by atoms with van der Waals surface area (Å²) in [7, 11) is 1.83. The van der Waals surface area contributed by atoms with E-state index >= 15 is 0 Å². The number of likely N-dealkylation sites (N-methyl/N-ethyl adjacent to an activating group) is 1. The summed E-state index contributed by atoms with van der Waals surface area (Å²) in [5.41, 5.74) is 2.37. The molecular formula is C13H17N5O. The van der Waals surface area contributed by atoms with E-state index < -0.39 is 0 Å². The molecule has 0 radical (unpaired) electrons. The number of benzene rings is 1. The lowest BCUT2D eigenvalue weighted by molar-refractivity contribution is 0.0949. The van der Waals surface area contributed by atoms with Crippen LogP contribution in [0.5, 0.6) is 0 Å². The molecule has 0 aliphatic rings. The topological polar surface area (TPSA) is 71.8 Å². The third-order valence-corrected chi connectivity index (χ3v) is 2.69. The monoisotopic (exact) mass is 259 g/mol. The van der Waals surface area contributed by atoms with Crippen molar-refractivity contribution in [3.05, 3.63) is 41.7 Å². The van der Waals surface area contributed by atoms with E-state index in [1.165, 1.54) is 5.56 Å². The SMILES string of the molecule is CNCCNC(=O)c1cn(-c2ccc(C)cc2)nn1. The van der Waals surface area contributed by atoms with Crippen LogP contribution in [0.3, 0.4) is 0 Å². The van der Waals surface area contributed by atoms with Gasteiger partial charge in [-0.05, 0) is 26.1 Å². The molecule has 0 fully saturated rings. The number of nitrogens with one attached hydrogen (secondary N) is 2. The highest BCUT2D eigenvalue weighted by atomic mass is 16.2. The Labute approximate surface area is 111 Å². The largest absolute Gasteiger partial charge is 0.349 e. The number of nitrogens with zero attached hydrogens (tertiary/aromatic N) is 3. The Bertz CT molecular complexity index is 546. The van der Waals surface area contributed by atoms with E-state index in [0.29, 0.717) is 12.2 Å². The van der Waals surface area contributed by atoms with Crippen molar-refractivity contribution in [3.63, 3.8) is 0 Å². The molecule has 6 nitrogen and oxygen atoms in total. The number of hydrogen-bond donors (Lipinski definition) is 2. The van der Waals surface area contributed by atoms with Gasteiger partial charge in [-0.2, -0.15) is 0 Å². The number of aromatic nitrogens is 3. The third kappa shape index (κ3) is 3.38. The molecule has 0 spiro atoms. The van der Waals surface area contributed by atoms with Gasteiger partial charge in [-0.25, -0.2) is 4.68 Å². The molecule has 0 atom stereocenters. The van der Waals surface area contributed by atoms with E-state index in [2.05, 4.69) is 20.9 Å². The van der Waals surface area contributed by atoms with Crippen LogP contribution in [0.1, 0.15) is 16.1 Å². The van der Waals surface area contributed by atoms with Crippen LogP contribution in [0, 0.1) is 6.92 Å². The van der Waals surface area contributed by atoms with Gasteiger partial charge in [0.05, 0.1) is 11.9 Å². The minimum absolute atomic E-state index is 0.214. The van der Waals surface area contributed by atoms with E-state index in [-0.39, 0.29) is 5.91 Å². The molecule has 2 N–H and O–H groups in total. The second kappa shape index (κ2) is 6.10. The summed E-state index contributed by atoms with van der Waals surface area (Å²) < 4.78 is 1.59. The molecule has 1 aromatic carbocycles. The number of hydrogen-bond acceptors (Lipinski definition) is 4. The lowest BCUT2D eigenvalue weighted by Crippen LogP contribution is -2.30. The third-order valence-electron chi connectivity index (χ3n) is 2.69. The molecule has 0 aliphatic carbocycles. The molecule has 100 valence electrons. The lowest BCUT2D eigenvalue weighted by atomic mass is 10.2. The predicted molar refractivity (Wildman–Crippen MR) is 72.4 cm³/mol. The van der Waals surface area contributed by atoms with Gasteiger partial charge in [0.1, 0.15) is 0 Å². The first-order valence-electron chi connectivity index (χ1n) is 6.13. The van der Waals surface area contributed by atoms with Crippen molar-refractivity contribution in [2.45, 2.75) is 6.92 Å². The Hall–Kier alpha value is -2.21. The molecule has 1 aromatic heterocycles. The molecule has 0 aliphatic heterocycles. The fourth-order valence-corrected chi connectivity index (χ4v) is 1.58. The van der Waals surface area contributed by atoms with Crippen LogP contribution < -0.4 is 10.6 Å². The van der Waals surface area contributed by atoms with Gasteiger partial charge < -0.3 is 10.6 Å². The Morgan fingerprint density at radius 2 is 2.00 bits per heavy atom. The second-order valence-electron chi connectivity index (χ2n) is 4.24. The molecule has 0 unspecified atom stereocenters. The molecule has 6 heteroatoms. The Morgan fingerprint density at radius 3 is 2.68 bits per heavy atom. The first-order chi connectivity index (χ1) is 9.20. The first-order valence-corrected chi connectivity index (χ1v) is 6.13. The van der Waals surface area contributed by atoms with Gasteiger partial charge in [-0.1, -0.05) is 22.9 Å². The van der Waals surface area contributed by atoms with Gasteiger partial charge in [0.25, 0.3) is 5.91 Å². The van der Waals surface area contributed by atoms with Crippen molar-refractivity contribution >= 4 is 5.91 Å². The quantitative estimate of drug-likeness (QED) is 0.768. The Balaban J connectivity index is 2.06. The molecule has 0 bridgehead atoms. The molecule has 19 heavy (non-hydrogen) atoms. The number of carbonyl (C=O) groups is 1. The molecule has 2 aromatic rings. The summed E-state index contributed by atoms with van der Waals surface area (Å²) in [5.74, 6) is -0.214. The Morgan fingerprint density at radius 1 is 1.26 bits per heavy atom. The minimum Gasteiger partial charge on any atom is -0.349 e. The molecule has 0 saturated carbocycles. The van der Waals surface area contributed by atoms with Gasteiger partial charge in [0.15, 0.2) is 5.69 Å². The highest BCUT2D eigenvalue weighted by Gasteiger charge is 2.10. The lowest BCUT2D eigenvalue weighted by Gasteiger charge is -2.01. The van der Waals surface area contributed by atoms with E-state index in [0.717, 1.165) is 12.2 Å². The van der Waals surface area contributed by atoms with Crippen molar-refractivity contribution in [1.29, 1.82) is 0 Å². The highest BCUT2D eigenvalue weighted by molar-refractivity contribution is 5.91. The van der Waals surface area contributed by atoms with Gasteiger partial charge >= 0.3 is 0 Å². The van der Waals surface area contributed by atoms with Gasteiger partial charge in [0.2, 0.25) is 0 Å². The van der Waals surface area contributed by atoms with Crippen LogP contribution in [-0.2, 0) is 0 Å². The van der Waals surface area contributed by atoms with Crippen molar-refractivity contribution < 1.29 is 4.79 Å². The van der Waals surface area contributed by atoms with E-state index in [9.17, 15) is 4.79 Å². The van der Waals surface area contributed by atoms with E-state index in [4.69, 9.17) is 0 Å². The van der Waals surface area contributed by atoms with Crippen molar-refractivity contribution in [1.82, 2.24) is 25.6 Å². The highest BCUT2D eigenvalue weighted by Crippen LogP contribution is 2.08. The van der Waals surface area contributed by atoms with Gasteiger partial charge in [-0.3, -0.25) is 4.79 Å². The summed E-state index contributed by atoms with van der Waals surface area (Å²) in [6.07, 6.45) is 1.62. The smallest absolute Gasteiger partial charge is 0.273 e. The van der Waals surface area contributed by atoms with E-state index in [1.54, 1.807) is 10.9 Å². The summed E-state index contributed by atoms with van der Waals surface area (Å²) in [5, 5.41) is 13.5. The summed E-state index contributed by atoms with van der Waals surface area (Å²) in [4.78, 5) is 11.8. The minimum atomic E-state index is -0.214. The van der Waals surface area contributed by atoms with Crippen LogP contribution in [0.25, 0.3) is 5.69 Å². The van der Waals surface area contributed by atoms with Crippen LogP contribution in [-0.4, -0.2) is 41.0 Å². The van der Waals surface area contributed by atoms with E-state index in [1.807, 2.05) is 38.2 Å². The molecule has 2 rings (SSSR count). The van der Waals surface area contributed by atoms with Crippen molar-refractivity contribution in [2.24, 2.45) is 0 Å². The summed E-state index contributed by atoms with van der Waals surface area (Å²) in [6.45, 7) is 3.30.